The molecule has 2 saturated carbocycles. The average Bonchev–Trinajstić information content (AvgIpc) is 3.61. The zero-order valence-electron chi connectivity index (χ0n) is 20.1. The van der Waals surface area contributed by atoms with E-state index in [2.05, 4.69) is 32.5 Å². The highest BCUT2D eigenvalue weighted by Gasteiger charge is 2.26. The molecule has 0 radical (unpaired) electrons. The molecule has 2 aromatic heterocycles. The van der Waals surface area contributed by atoms with Crippen molar-refractivity contribution in [2.24, 2.45) is 5.92 Å². The fourth-order valence-corrected chi connectivity index (χ4v) is 5.24. The van der Waals surface area contributed by atoms with Crippen LogP contribution in [0, 0.1) is 5.92 Å². The molecule has 2 heterocycles. The Morgan fingerprint density at radius 1 is 1.11 bits per heavy atom. The first-order chi connectivity index (χ1) is 17.5. The van der Waals surface area contributed by atoms with Crippen LogP contribution in [0.4, 0.5) is 0 Å². The minimum atomic E-state index is -1.02. The molecule has 0 spiro atoms. The summed E-state index contributed by atoms with van der Waals surface area (Å²) < 4.78 is 0. The number of H-pyrrole nitrogens is 1. The van der Waals surface area contributed by atoms with Crippen LogP contribution in [-0.4, -0.2) is 36.3 Å². The van der Waals surface area contributed by atoms with Gasteiger partial charge in [-0.05, 0) is 72.4 Å². The lowest BCUT2D eigenvalue weighted by atomic mass is 9.86. The number of nitrogens with zero attached hydrogens (tertiary/aromatic N) is 4. The van der Waals surface area contributed by atoms with E-state index in [1.54, 1.807) is 0 Å². The van der Waals surface area contributed by atoms with Gasteiger partial charge in [0.05, 0.1) is 0 Å². The van der Waals surface area contributed by atoms with Crippen LogP contribution in [0.1, 0.15) is 79.1 Å². The molecule has 2 N–H and O–H groups in total. The van der Waals surface area contributed by atoms with Crippen LogP contribution in [0.25, 0.3) is 5.57 Å². The molecule has 0 unspecified atom stereocenters. The van der Waals surface area contributed by atoms with Gasteiger partial charge in [0.15, 0.2) is 12.4 Å². The Morgan fingerprint density at radius 2 is 1.92 bits per heavy atom. The van der Waals surface area contributed by atoms with Crippen molar-refractivity contribution in [1.29, 1.82) is 0 Å². The highest BCUT2D eigenvalue weighted by Crippen LogP contribution is 2.39. The van der Waals surface area contributed by atoms with Crippen molar-refractivity contribution in [3.8, 4) is 0 Å². The van der Waals surface area contributed by atoms with Crippen molar-refractivity contribution in [1.82, 2.24) is 25.2 Å². The summed E-state index contributed by atoms with van der Waals surface area (Å²) in [6.07, 6.45) is 11.7. The third-order valence-electron chi connectivity index (χ3n) is 7.05. The lowest BCUT2D eigenvalue weighted by molar-refractivity contribution is -0.138. The molecule has 188 valence electrons. The average molecular weight is 508 g/mol. The topological polar surface area (TPSA) is 114 Å². The van der Waals surface area contributed by atoms with Gasteiger partial charge in [-0.3, -0.25) is 9.59 Å². The Morgan fingerprint density at radius 3 is 2.61 bits per heavy atom. The molecular weight excluding hydrogens is 478 g/mol. The third-order valence-corrected chi connectivity index (χ3v) is 7.40. The van der Waals surface area contributed by atoms with Crippen molar-refractivity contribution in [3.63, 3.8) is 0 Å². The third kappa shape index (κ3) is 5.93. The van der Waals surface area contributed by atoms with E-state index in [-0.39, 0.29) is 12.1 Å². The van der Waals surface area contributed by atoms with E-state index in [9.17, 15) is 9.59 Å². The molecule has 1 aromatic carbocycles. The second kappa shape index (κ2) is 10.8. The van der Waals surface area contributed by atoms with E-state index in [1.807, 2.05) is 24.3 Å². The summed E-state index contributed by atoms with van der Waals surface area (Å²) in [5.74, 6) is 0.349. The van der Waals surface area contributed by atoms with E-state index in [1.165, 1.54) is 19.3 Å². The number of halogens is 1. The smallest absolute Gasteiger partial charge is 0.327 e. The van der Waals surface area contributed by atoms with E-state index >= 15 is 0 Å². The number of aryl methyl sites for hydroxylation is 2. The number of hydrogen-bond acceptors (Lipinski definition) is 5. The lowest BCUT2D eigenvalue weighted by Gasteiger charge is -2.20. The molecule has 8 nitrogen and oxygen atoms in total. The van der Waals surface area contributed by atoms with Gasteiger partial charge in [-0.15, -0.1) is 10.2 Å². The summed E-state index contributed by atoms with van der Waals surface area (Å²) in [5.41, 5.74) is 4.68. The normalized spacial score (nSPS) is 16.9. The first-order valence-electron chi connectivity index (χ1n) is 12.7. The van der Waals surface area contributed by atoms with Crippen LogP contribution in [-0.2, 0) is 24.2 Å². The Labute approximate surface area is 214 Å². The fourth-order valence-electron chi connectivity index (χ4n) is 4.96. The predicted octanol–water partition coefficient (Wildman–Crippen LogP) is 4.77. The largest absolute Gasteiger partial charge is 0.480 e. The van der Waals surface area contributed by atoms with Crippen LogP contribution in [0.2, 0.25) is 5.02 Å². The number of allylic oxidation sites excluding steroid dienone is 1. The summed E-state index contributed by atoms with van der Waals surface area (Å²) in [6.45, 7) is -0.317. The second-order valence-electron chi connectivity index (χ2n) is 9.85. The minimum Gasteiger partial charge on any atom is -0.480 e. The number of tetrazole rings is 1. The molecule has 0 atom stereocenters. The zero-order valence-corrected chi connectivity index (χ0v) is 20.9. The highest BCUT2D eigenvalue weighted by molar-refractivity contribution is 6.31. The molecule has 0 bridgehead atoms. The molecule has 0 saturated heterocycles. The van der Waals surface area contributed by atoms with Crippen LogP contribution in [0.5, 0.6) is 0 Å². The van der Waals surface area contributed by atoms with Crippen LogP contribution < -0.4 is 5.56 Å². The maximum Gasteiger partial charge on any atom is 0.327 e. The molecule has 2 aliphatic rings. The molecule has 2 aliphatic carbocycles. The molecule has 2 fully saturated rings. The van der Waals surface area contributed by atoms with Gasteiger partial charge in [-0.1, -0.05) is 55.1 Å². The van der Waals surface area contributed by atoms with Gasteiger partial charge in [0, 0.05) is 28.3 Å². The van der Waals surface area contributed by atoms with Gasteiger partial charge in [0.25, 0.3) is 5.56 Å². The van der Waals surface area contributed by atoms with Crippen molar-refractivity contribution in [2.45, 2.75) is 70.3 Å². The number of carboxylic acid groups (broad SMARTS) is 1. The quantitative estimate of drug-likeness (QED) is 0.431. The standard InChI is InChI=1S/C27H30ClN5O3/c28-23-15-20(9-8-19(23)10-13-25-30-32-33(31-25)16-26(34)35)22(14-17-4-2-1-3-5-17)24-12-11-21(18-6-7-18)27(36)29-24/h8-9,11-12,14-15,17-18H,1-7,10,13,16H2,(H,29,36)(H,34,35)/b22-14+. The highest BCUT2D eigenvalue weighted by atomic mass is 35.5. The zero-order chi connectivity index (χ0) is 25.1. The minimum absolute atomic E-state index is 0.00991. The van der Waals surface area contributed by atoms with Gasteiger partial charge in [-0.2, -0.15) is 4.80 Å². The first kappa shape index (κ1) is 24.4. The van der Waals surface area contributed by atoms with Crippen LogP contribution in [0.3, 0.4) is 0 Å². The van der Waals surface area contributed by atoms with Gasteiger partial charge >= 0.3 is 5.97 Å². The Kier molecular flexibility index (Phi) is 7.32. The molecule has 0 amide bonds. The number of aromatic nitrogens is 5. The van der Waals surface area contributed by atoms with Gasteiger partial charge in [0.1, 0.15) is 0 Å². The lowest BCUT2D eigenvalue weighted by Crippen LogP contribution is -2.14. The van der Waals surface area contributed by atoms with E-state index < -0.39 is 5.97 Å². The summed E-state index contributed by atoms with van der Waals surface area (Å²) in [7, 11) is 0. The van der Waals surface area contributed by atoms with Crippen LogP contribution in [0.15, 0.2) is 41.2 Å². The monoisotopic (exact) mass is 507 g/mol. The number of pyridine rings is 1. The Bertz CT molecular complexity index is 1340. The predicted molar refractivity (Wildman–Crippen MR) is 137 cm³/mol. The van der Waals surface area contributed by atoms with Gasteiger partial charge in [0.2, 0.25) is 0 Å². The van der Waals surface area contributed by atoms with Gasteiger partial charge in [-0.25, -0.2) is 0 Å². The Balaban J connectivity index is 1.38. The molecule has 36 heavy (non-hydrogen) atoms. The van der Waals surface area contributed by atoms with E-state index in [0.717, 1.165) is 58.4 Å². The summed E-state index contributed by atoms with van der Waals surface area (Å²) >= 11 is 6.71. The molecular formula is C27H30ClN5O3. The maximum atomic E-state index is 12.8. The number of nitrogens with one attached hydrogen (secondary N) is 1. The van der Waals surface area contributed by atoms with E-state index in [4.69, 9.17) is 16.7 Å². The molecule has 0 aliphatic heterocycles. The number of carbonyl (C=O) groups is 1. The van der Waals surface area contributed by atoms with Crippen molar-refractivity contribution < 1.29 is 9.90 Å². The molecule has 5 rings (SSSR count). The molecule has 9 heteroatoms. The fraction of sp³-hybridized carbons (Fsp3) is 0.444. The maximum absolute atomic E-state index is 12.8. The summed E-state index contributed by atoms with van der Waals surface area (Å²) in [4.78, 5) is 27.8. The number of aromatic amines is 1. The van der Waals surface area contributed by atoms with Crippen LogP contribution >= 0.6 is 11.6 Å². The summed E-state index contributed by atoms with van der Waals surface area (Å²) in [6, 6.07) is 10.1. The second-order valence-corrected chi connectivity index (χ2v) is 10.3. The first-order valence-corrected chi connectivity index (χ1v) is 13.1. The number of benzene rings is 1. The van der Waals surface area contributed by atoms with Gasteiger partial charge < -0.3 is 10.1 Å². The van der Waals surface area contributed by atoms with E-state index in [0.29, 0.717) is 35.5 Å². The SMILES string of the molecule is O=C(O)Cn1nnc(CCc2ccc(/C(=C\C3CCCCC3)c3ccc(C4CC4)c(=O)[nH]3)cc2Cl)n1. The summed E-state index contributed by atoms with van der Waals surface area (Å²) in [5, 5.41) is 21.3. The molecule has 3 aromatic rings. The number of carboxylic acids is 1. The van der Waals surface area contributed by atoms with Crippen molar-refractivity contribution in [3.05, 3.63) is 80.0 Å². The van der Waals surface area contributed by atoms with Crippen molar-refractivity contribution in [2.75, 3.05) is 0 Å². The van der Waals surface area contributed by atoms with Crippen molar-refractivity contribution >= 4 is 23.1 Å². The number of aliphatic carboxylic acids is 1. The number of hydrogen-bond donors (Lipinski definition) is 2. The Hall–Kier alpha value is -3.26. The number of rotatable bonds is 9.